The third-order valence-corrected chi connectivity index (χ3v) is 4.75. The van der Waals surface area contributed by atoms with Gasteiger partial charge in [0.1, 0.15) is 5.70 Å². The van der Waals surface area contributed by atoms with E-state index in [-0.39, 0.29) is 17.5 Å². The van der Waals surface area contributed by atoms with E-state index in [1.165, 1.54) is 16.9 Å². The summed E-state index contributed by atoms with van der Waals surface area (Å²) >= 11 is 1.50. The van der Waals surface area contributed by atoms with E-state index in [0.717, 1.165) is 10.4 Å². The molecule has 136 valence electrons. The van der Waals surface area contributed by atoms with Crippen LogP contribution >= 0.6 is 11.3 Å². The smallest absolute Gasteiger partial charge is 0.268 e. The van der Waals surface area contributed by atoms with Crippen molar-refractivity contribution in [3.63, 3.8) is 0 Å². The molecule has 0 aliphatic rings. The van der Waals surface area contributed by atoms with Crippen LogP contribution < -0.4 is 10.6 Å². The summed E-state index contributed by atoms with van der Waals surface area (Å²) in [6, 6.07) is 20.6. The third-order valence-electron chi connectivity index (χ3n) is 3.93. The maximum atomic E-state index is 12.7. The Morgan fingerprint density at radius 3 is 2.37 bits per heavy atom. The lowest BCUT2D eigenvalue weighted by molar-refractivity contribution is -0.117. The van der Waals surface area contributed by atoms with Gasteiger partial charge in [0.15, 0.2) is 0 Å². The molecule has 2 amide bonds. The molecule has 0 atom stereocenters. The summed E-state index contributed by atoms with van der Waals surface area (Å²) < 4.78 is 0. The molecule has 4 nitrogen and oxygen atoms in total. The van der Waals surface area contributed by atoms with Crippen LogP contribution in [0.4, 0.5) is 0 Å². The Bertz CT molecular complexity index is 930. The summed E-state index contributed by atoms with van der Waals surface area (Å²) in [6.07, 6.45) is 1.69. The van der Waals surface area contributed by atoms with Crippen LogP contribution in [0, 0.1) is 6.92 Å². The van der Waals surface area contributed by atoms with Gasteiger partial charge in [-0.05, 0) is 42.1 Å². The van der Waals surface area contributed by atoms with Crippen LogP contribution in [0.3, 0.4) is 0 Å². The molecule has 2 N–H and O–H groups in total. The summed E-state index contributed by atoms with van der Waals surface area (Å²) in [4.78, 5) is 26.1. The van der Waals surface area contributed by atoms with Gasteiger partial charge in [0.25, 0.3) is 11.8 Å². The molecule has 0 radical (unpaired) electrons. The third kappa shape index (κ3) is 5.39. The molecule has 0 saturated carbocycles. The van der Waals surface area contributed by atoms with Gasteiger partial charge in [-0.1, -0.05) is 54.1 Å². The van der Waals surface area contributed by atoms with Gasteiger partial charge in [-0.3, -0.25) is 9.59 Å². The molecule has 0 fully saturated rings. The minimum absolute atomic E-state index is 0.221. The molecule has 0 aliphatic heterocycles. The van der Waals surface area contributed by atoms with Gasteiger partial charge < -0.3 is 10.6 Å². The van der Waals surface area contributed by atoms with Crippen molar-refractivity contribution in [3.8, 4) is 0 Å². The minimum Gasteiger partial charge on any atom is -0.347 e. The quantitative estimate of drug-likeness (QED) is 0.635. The van der Waals surface area contributed by atoms with E-state index in [4.69, 9.17) is 0 Å². The summed E-state index contributed by atoms with van der Waals surface area (Å²) in [5.41, 5.74) is 2.89. The van der Waals surface area contributed by atoms with Crippen molar-refractivity contribution in [1.29, 1.82) is 0 Å². The number of carbonyl (C=O) groups excluding carboxylic acids is 2. The first-order valence-electron chi connectivity index (χ1n) is 8.57. The first kappa shape index (κ1) is 18.6. The van der Waals surface area contributed by atoms with Crippen molar-refractivity contribution >= 4 is 29.2 Å². The lowest BCUT2D eigenvalue weighted by atomic mass is 10.1. The Kier molecular flexibility index (Phi) is 6.18. The van der Waals surface area contributed by atoms with E-state index in [0.29, 0.717) is 12.1 Å². The Morgan fingerprint density at radius 1 is 0.963 bits per heavy atom. The fourth-order valence-electron chi connectivity index (χ4n) is 2.44. The van der Waals surface area contributed by atoms with Gasteiger partial charge in [-0.25, -0.2) is 0 Å². The number of nitrogens with one attached hydrogen (secondary N) is 2. The largest absolute Gasteiger partial charge is 0.347 e. The van der Waals surface area contributed by atoms with Gasteiger partial charge in [0.05, 0.1) is 0 Å². The molecule has 0 unspecified atom stereocenters. The summed E-state index contributed by atoms with van der Waals surface area (Å²) in [6.45, 7) is 2.41. The number of benzene rings is 2. The van der Waals surface area contributed by atoms with Crippen molar-refractivity contribution in [2.45, 2.75) is 13.5 Å². The van der Waals surface area contributed by atoms with Crippen LogP contribution in [0.1, 0.15) is 26.4 Å². The van der Waals surface area contributed by atoms with Crippen LogP contribution in [-0.4, -0.2) is 11.8 Å². The first-order valence-corrected chi connectivity index (χ1v) is 9.45. The van der Waals surface area contributed by atoms with E-state index in [1.54, 1.807) is 30.3 Å². The topological polar surface area (TPSA) is 58.2 Å². The Morgan fingerprint density at radius 2 is 1.70 bits per heavy atom. The molecule has 2 aromatic carbocycles. The maximum Gasteiger partial charge on any atom is 0.268 e. The number of hydrogen-bond donors (Lipinski definition) is 2. The van der Waals surface area contributed by atoms with E-state index in [1.807, 2.05) is 54.8 Å². The molecule has 0 aliphatic carbocycles. The second-order valence-electron chi connectivity index (χ2n) is 6.06. The Labute approximate surface area is 162 Å². The van der Waals surface area contributed by atoms with E-state index in [9.17, 15) is 9.59 Å². The highest BCUT2D eigenvalue weighted by Gasteiger charge is 2.14. The van der Waals surface area contributed by atoms with Crippen LogP contribution in [0.5, 0.6) is 0 Å². The van der Waals surface area contributed by atoms with Crippen LogP contribution in [0.2, 0.25) is 0 Å². The van der Waals surface area contributed by atoms with Gasteiger partial charge in [0.2, 0.25) is 0 Å². The normalized spacial score (nSPS) is 11.1. The summed E-state index contributed by atoms with van der Waals surface area (Å²) in [5, 5.41) is 7.53. The average Bonchev–Trinajstić information content (AvgIpc) is 3.20. The van der Waals surface area contributed by atoms with Crippen LogP contribution in [0.15, 0.2) is 77.8 Å². The molecule has 3 rings (SSSR count). The number of thiophene rings is 1. The zero-order valence-corrected chi connectivity index (χ0v) is 15.8. The molecule has 0 saturated heterocycles. The number of aryl methyl sites for hydroxylation is 1. The maximum absolute atomic E-state index is 12.7. The van der Waals surface area contributed by atoms with Crippen LogP contribution in [-0.2, 0) is 11.3 Å². The average molecular weight is 376 g/mol. The molecular weight excluding hydrogens is 356 g/mol. The van der Waals surface area contributed by atoms with Crippen LogP contribution in [0.25, 0.3) is 6.08 Å². The molecule has 1 heterocycles. The SMILES string of the molecule is Cc1ccc(CNC(=O)/C(=C/c2cccs2)NC(=O)c2ccccc2)cc1. The summed E-state index contributed by atoms with van der Waals surface area (Å²) in [7, 11) is 0. The predicted molar refractivity (Wildman–Crippen MR) is 109 cm³/mol. The molecule has 27 heavy (non-hydrogen) atoms. The Hall–Kier alpha value is -3.18. The fraction of sp³-hybridized carbons (Fsp3) is 0.0909. The minimum atomic E-state index is -0.326. The van der Waals surface area contributed by atoms with Gasteiger partial charge in [0, 0.05) is 17.0 Å². The lowest BCUT2D eigenvalue weighted by Crippen LogP contribution is -2.34. The van der Waals surface area contributed by atoms with Gasteiger partial charge >= 0.3 is 0 Å². The zero-order chi connectivity index (χ0) is 19.1. The standard InChI is InChI=1S/C22H20N2O2S/c1-16-9-11-17(12-10-16)15-23-22(26)20(14-19-8-5-13-27-19)24-21(25)18-6-3-2-4-7-18/h2-14H,15H2,1H3,(H,23,26)(H,24,25)/b20-14-. The van der Waals surface area contributed by atoms with Crippen molar-refractivity contribution in [1.82, 2.24) is 10.6 Å². The lowest BCUT2D eigenvalue weighted by Gasteiger charge is -2.11. The monoisotopic (exact) mass is 376 g/mol. The van der Waals surface area contributed by atoms with Gasteiger partial charge in [-0.15, -0.1) is 11.3 Å². The van der Waals surface area contributed by atoms with Crippen molar-refractivity contribution < 1.29 is 9.59 Å². The number of amides is 2. The predicted octanol–water partition coefficient (Wildman–Crippen LogP) is 4.14. The Balaban J connectivity index is 1.74. The first-order chi connectivity index (χ1) is 13.1. The second-order valence-corrected chi connectivity index (χ2v) is 7.04. The van der Waals surface area contributed by atoms with Crippen molar-refractivity contribution in [2.75, 3.05) is 0 Å². The molecule has 5 heteroatoms. The number of carbonyl (C=O) groups is 2. The molecule has 0 bridgehead atoms. The second kappa shape index (κ2) is 8.96. The molecular formula is C22H20N2O2S. The van der Waals surface area contributed by atoms with E-state index in [2.05, 4.69) is 10.6 Å². The highest BCUT2D eigenvalue weighted by Crippen LogP contribution is 2.13. The highest BCUT2D eigenvalue weighted by atomic mass is 32.1. The molecule has 3 aromatic rings. The fourth-order valence-corrected chi connectivity index (χ4v) is 3.10. The zero-order valence-electron chi connectivity index (χ0n) is 14.9. The van der Waals surface area contributed by atoms with Gasteiger partial charge in [-0.2, -0.15) is 0 Å². The number of hydrogen-bond acceptors (Lipinski definition) is 3. The molecule has 0 spiro atoms. The number of rotatable bonds is 6. The van der Waals surface area contributed by atoms with Crippen molar-refractivity contribution in [2.24, 2.45) is 0 Å². The molecule has 1 aromatic heterocycles. The van der Waals surface area contributed by atoms with E-state index < -0.39 is 0 Å². The van der Waals surface area contributed by atoms with E-state index >= 15 is 0 Å². The highest BCUT2D eigenvalue weighted by molar-refractivity contribution is 7.10. The summed E-state index contributed by atoms with van der Waals surface area (Å²) in [5.74, 6) is -0.642. The van der Waals surface area contributed by atoms with Crippen molar-refractivity contribution in [3.05, 3.63) is 99.4 Å².